The SMILES string of the molecule is COc1ccc(/C=N\NC(=O)[C@H](NC(=O)c2ccc(Cl)cc2Cl)C(C)C)c(OC)c1. The Kier molecular flexibility index (Phi) is 8.50. The molecule has 2 aromatic rings. The lowest BCUT2D eigenvalue weighted by molar-refractivity contribution is -0.123. The standard InChI is InChI=1S/C21H23Cl2N3O4/c1-12(2)19(25-20(27)16-8-6-14(22)9-17(16)23)21(28)26-24-11-13-5-7-15(29-3)10-18(13)30-4/h5-12,19H,1-4H3,(H,25,27)(H,26,28)/b24-11-/t19-/m1/s1. The zero-order valence-electron chi connectivity index (χ0n) is 17.0. The van der Waals surface area contributed by atoms with Gasteiger partial charge in [-0.05, 0) is 36.2 Å². The number of carbonyl (C=O) groups excluding carboxylic acids is 2. The second-order valence-corrected chi connectivity index (χ2v) is 7.51. The maximum absolute atomic E-state index is 12.6. The van der Waals surface area contributed by atoms with Crippen molar-refractivity contribution in [3.05, 3.63) is 57.6 Å². The van der Waals surface area contributed by atoms with E-state index in [9.17, 15) is 9.59 Å². The van der Waals surface area contributed by atoms with Gasteiger partial charge < -0.3 is 14.8 Å². The molecule has 0 saturated carbocycles. The number of carbonyl (C=O) groups is 2. The molecule has 0 aromatic heterocycles. The summed E-state index contributed by atoms with van der Waals surface area (Å²) in [5.74, 6) is 0.0409. The van der Waals surface area contributed by atoms with Gasteiger partial charge in [0.1, 0.15) is 17.5 Å². The van der Waals surface area contributed by atoms with Crippen molar-refractivity contribution in [1.29, 1.82) is 0 Å². The summed E-state index contributed by atoms with van der Waals surface area (Å²) in [7, 11) is 3.08. The fourth-order valence-electron chi connectivity index (χ4n) is 2.59. The van der Waals surface area contributed by atoms with Crippen molar-refractivity contribution >= 4 is 41.2 Å². The van der Waals surface area contributed by atoms with E-state index < -0.39 is 17.9 Å². The Labute approximate surface area is 185 Å². The normalized spacial score (nSPS) is 12.0. The molecular weight excluding hydrogens is 429 g/mol. The largest absolute Gasteiger partial charge is 0.497 e. The van der Waals surface area contributed by atoms with Crippen LogP contribution in [0.2, 0.25) is 10.0 Å². The zero-order chi connectivity index (χ0) is 22.3. The van der Waals surface area contributed by atoms with Crippen LogP contribution in [0.3, 0.4) is 0 Å². The van der Waals surface area contributed by atoms with Gasteiger partial charge in [-0.25, -0.2) is 5.43 Å². The van der Waals surface area contributed by atoms with Crippen LogP contribution in [0, 0.1) is 5.92 Å². The lowest BCUT2D eigenvalue weighted by Crippen LogP contribution is -2.48. The van der Waals surface area contributed by atoms with Gasteiger partial charge in [0.15, 0.2) is 0 Å². The Balaban J connectivity index is 2.09. The Morgan fingerprint density at radius 3 is 2.40 bits per heavy atom. The van der Waals surface area contributed by atoms with E-state index in [0.29, 0.717) is 22.1 Å². The van der Waals surface area contributed by atoms with Crippen LogP contribution in [-0.4, -0.2) is 38.3 Å². The highest BCUT2D eigenvalue weighted by Gasteiger charge is 2.25. The summed E-state index contributed by atoms with van der Waals surface area (Å²) >= 11 is 11.9. The first-order valence-corrected chi connectivity index (χ1v) is 9.83. The van der Waals surface area contributed by atoms with E-state index in [1.54, 1.807) is 31.4 Å². The van der Waals surface area contributed by atoms with Gasteiger partial charge in [0.2, 0.25) is 0 Å². The molecule has 0 aliphatic carbocycles. The quantitative estimate of drug-likeness (QED) is 0.470. The van der Waals surface area contributed by atoms with Crippen molar-refractivity contribution in [3.8, 4) is 11.5 Å². The van der Waals surface area contributed by atoms with Crippen LogP contribution < -0.4 is 20.2 Å². The van der Waals surface area contributed by atoms with Gasteiger partial charge >= 0.3 is 0 Å². The number of ether oxygens (including phenoxy) is 2. The van der Waals surface area contributed by atoms with Gasteiger partial charge in [0.05, 0.1) is 31.0 Å². The average Bonchev–Trinajstić information content (AvgIpc) is 2.71. The molecule has 0 aliphatic rings. The molecule has 0 saturated heterocycles. The minimum Gasteiger partial charge on any atom is -0.497 e. The molecule has 0 fully saturated rings. The number of benzene rings is 2. The Morgan fingerprint density at radius 2 is 1.80 bits per heavy atom. The predicted molar refractivity (Wildman–Crippen MR) is 118 cm³/mol. The molecular formula is C21H23Cl2N3O4. The monoisotopic (exact) mass is 451 g/mol. The maximum atomic E-state index is 12.6. The van der Waals surface area contributed by atoms with Crippen molar-refractivity contribution in [2.75, 3.05) is 14.2 Å². The third-order valence-corrected chi connectivity index (χ3v) is 4.78. The van der Waals surface area contributed by atoms with Crippen molar-refractivity contribution < 1.29 is 19.1 Å². The van der Waals surface area contributed by atoms with Gasteiger partial charge in [-0.1, -0.05) is 37.0 Å². The number of rotatable bonds is 8. The van der Waals surface area contributed by atoms with Crippen molar-refractivity contribution in [3.63, 3.8) is 0 Å². The number of nitrogens with zero attached hydrogens (tertiary/aromatic N) is 1. The van der Waals surface area contributed by atoms with Gasteiger partial charge in [-0.15, -0.1) is 0 Å². The van der Waals surface area contributed by atoms with Crippen LogP contribution in [0.25, 0.3) is 0 Å². The zero-order valence-corrected chi connectivity index (χ0v) is 18.5. The fraction of sp³-hybridized carbons (Fsp3) is 0.286. The smallest absolute Gasteiger partial charge is 0.262 e. The van der Waals surface area contributed by atoms with E-state index in [1.165, 1.54) is 25.5 Å². The molecule has 0 bridgehead atoms. The molecule has 2 rings (SSSR count). The third-order valence-electron chi connectivity index (χ3n) is 4.23. The predicted octanol–water partition coefficient (Wildman–Crippen LogP) is 3.92. The summed E-state index contributed by atoms with van der Waals surface area (Å²) in [5, 5.41) is 7.28. The van der Waals surface area contributed by atoms with E-state index in [2.05, 4.69) is 15.8 Å². The third kappa shape index (κ3) is 6.11. The molecule has 2 aromatic carbocycles. The molecule has 1 atom stereocenters. The highest BCUT2D eigenvalue weighted by atomic mass is 35.5. The van der Waals surface area contributed by atoms with Crippen LogP contribution in [0.1, 0.15) is 29.8 Å². The first-order valence-electron chi connectivity index (χ1n) is 9.07. The first-order chi connectivity index (χ1) is 14.3. The Morgan fingerprint density at radius 1 is 1.07 bits per heavy atom. The molecule has 9 heteroatoms. The van der Waals surface area contributed by atoms with Crippen LogP contribution in [0.4, 0.5) is 0 Å². The minimum absolute atomic E-state index is 0.189. The van der Waals surface area contributed by atoms with Crippen LogP contribution in [-0.2, 0) is 4.79 Å². The molecule has 0 aliphatic heterocycles. The number of halogens is 2. The molecule has 7 nitrogen and oxygen atoms in total. The highest BCUT2D eigenvalue weighted by Crippen LogP contribution is 2.23. The van der Waals surface area contributed by atoms with E-state index in [-0.39, 0.29) is 16.5 Å². The molecule has 0 spiro atoms. The summed E-state index contributed by atoms with van der Waals surface area (Å²) in [5.41, 5.74) is 3.33. The van der Waals surface area contributed by atoms with E-state index in [1.807, 2.05) is 13.8 Å². The lowest BCUT2D eigenvalue weighted by atomic mass is 10.0. The van der Waals surface area contributed by atoms with Gasteiger partial charge in [0.25, 0.3) is 11.8 Å². The maximum Gasteiger partial charge on any atom is 0.262 e. The van der Waals surface area contributed by atoms with E-state index in [0.717, 1.165) is 0 Å². The number of hydrazone groups is 1. The number of hydrogen-bond acceptors (Lipinski definition) is 5. The summed E-state index contributed by atoms with van der Waals surface area (Å²) in [6, 6.07) is 8.91. The second kappa shape index (κ2) is 10.8. The topological polar surface area (TPSA) is 89.0 Å². The van der Waals surface area contributed by atoms with E-state index >= 15 is 0 Å². The molecule has 0 radical (unpaired) electrons. The van der Waals surface area contributed by atoms with E-state index in [4.69, 9.17) is 32.7 Å². The van der Waals surface area contributed by atoms with Crippen LogP contribution in [0.15, 0.2) is 41.5 Å². The Bertz CT molecular complexity index is 948. The van der Waals surface area contributed by atoms with Crippen LogP contribution in [0.5, 0.6) is 11.5 Å². The first kappa shape index (κ1) is 23.5. The molecule has 2 N–H and O–H groups in total. The number of methoxy groups -OCH3 is 2. The summed E-state index contributed by atoms with van der Waals surface area (Å²) in [6.45, 7) is 3.62. The molecule has 2 amide bonds. The van der Waals surface area contributed by atoms with Gasteiger partial charge in [-0.3, -0.25) is 9.59 Å². The molecule has 160 valence electrons. The van der Waals surface area contributed by atoms with Gasteiger partial charge in [-0.2, -0.15) is 5.10 Å². The average molecular weight is 452 g/mol. The summed E-state index contributed by atoms with van der Waals surface area (Å²) in [6.07, 6.45) is 1.45. The van der Waals surface area contributed by atoms with Crippen molar-refractivity contribution in [2.24, 2.45) is 11.0 Å². The molecule has 0 heterocycles. The van der Waals surface area contributed by atoms with Crippen LogP contribution >= 0.6 is 23.2 Å². The highest BCUT2D eigenvalue weighted by molar-refractivity contribution is 6.36. The summed E-state index contributed by atoms with van der Waals surface area (Å²) in [4.78, 5) is 25.1. The van der Waals surface area contributed by atoms with Crippen molar-refractivity contribution in [1.82, 2.24) is 10.7 Å². The molecule has 0 unspecified atom stereocenters. The fourth-order valence-corrected chi connectivity index (χ4v) is 3.08. The summed E-state index contributed by atoms with van der Waals surface area (Å²) < 4.78 is 10.4. The van der Waals surface area contributed by atoms with Gasteiger partial charge in [0, 0.05) is 16.7 Å². The minimum atomic E-state index is -0.820. The van der Waals surface area contributed by atoms with Crippen molar-refractivity contribution in [2.45, 2.75) is 19.9 Å². The number of hydrogen-bond donors (Lipinski definition) is 2. The number of amides is 2. The Hall–Kier alpha value is -2.77. The number of nitrogens with one attached hydrogen (secondary N) is 2. The molecule has 30 heavy (non-hydrogen) atoms. The second-order valence-electron chi connectivity index (χ2n) is 6.66. The lowest BCUT2D eigenvalue weighted by Gasteiger charge is -2.20.